The van der Waals surface area contributed by atoms with Crippen molar-refractivity contribution >= 4 is 16.1 Å². The maximum Gasteiger partial charge on any atom is 0.410 e. The highest BCUT2D eigenvalue weighted by Crippen LogP contribution is 2.26. The Kier molecular flexibility index (Phi) is 5.63. The van der Waals surface area contributed by atoms with Crippen LogP contribution in [0.4, 0.5) is 4.79 Å². The van der Waals surface area contributed by atoms with E-state index in [4.69, 9.17) is 4.74 Å². The Morgan fingerprint density at radius 1 is 1.40 bits per heavy atom. The van der Waals surface area contributed by atoms with E-state index >= 15 is 0 Å². The van der Waals surface area contributed by atoms with Crippen molar-refractivity contribution in [3.05, 3.63) is 29.8 Å². The number of likely N-dealkylation sites (tertiary alicyclic amines) is 1. The van der Waals surface area contributed by atoms with Gasteiger partial charge in [0.05, 0.1) is 12.3 Å². The SMILES string of the molecule is CC(C)(C)OC(=O)N1CC[C@H](NS(C)(=O)=O)[C@@H]1Cc1cccc(O)c1. The third-order valence-corrected chi connectivity index (χ3v) is 4.63. The predicted octanol–water partition coefficient (Wildman–Crippen LogP) is 1.86. The van der Waals surface area contributed by atoms with Crippen molar-refractivity contribution in [1.82, 2.24) is 9.62 Å². The van der Waals surface area contributed by atoms with Crippen molar-refractivity contribution in [1.29, 1.82) is 0 Å². The molecule has 1 aromatic rings. The highest BCUT2D eigenvalue weighted by atomic mass is 32.2. The molecule has 1 aliphatic rings. The predicted molar refractivity (Wildman–Crippen MR) is 94.9 cm³/mol. The van der Waals surface area contributed by atoms with E-state index in [0.29, 0.717) is 19.4 Å². The number of carbonyl (C=O) groups is 1. The summed E-state index contributed by atoms with van der Waals surface area (Å²) in [6, 6.07) is 5.95. The van der Waals surface area contributed by atoms with Crippen molar-refractivity contribution in [3.8, 4) is 5.75 Å². The quantitative estimate of drug-likeness (QED) is 0.843. The molecule has 7 nitrogen and oxygen atoms in total. The zero-order valence-corrected chi connectivity index (χ0v) is 15.8. The maximum atomic E-state index is 12.5. The van der Waals surface area contributed by atoms with E-state index in [0.717, 1.165) is 11.8 Å². The summed E-state index contributed by atoms with van der Waals surface area (Å²) in [4.78, 5) is 14.1. The average Bonchev–Trinajstić information content (AvgIpc) is 2.78. The zero-order valence-electron chi connectivity index (χ0n) is 15.0. The molecule has 8 heteroatoms. The number of rotatable bonds is 4. The summed E-state index contributed by atoms with van der Waals surface area (Å²) in [5, 5.41) is 9.65. The molecule has 0 radical (unpaired) electrons. The van der Waals surface area contributed by atoms with Crippen molar-refractivity contribution in [2.24, 2.45) is 0 Å². The summed E-state index contributed by atoms with van der Waals surface area (Å²) < 4.78 is 31.4. The number of hydrogen-bond donors (Lipinski definition) is 2. The van der Waals surface area contributed by atoms with Gasteiger partial charge in [0, 0.05) is 12.6 Å². The van der Waals surface area contributed by atoms with Gasteiger partial charge in [0.15, 0.2) is 0 Å². The van der Waals surface area contributed by atoms with E-state index in [1.807, 2.05) is 6.07 Å². The molecule has 1 aliphatic heterocycles. The fourth-order valence-corrected chi connectivity index (χ4v) is 3.82. The Morgan fingerprint density at radius 3 is 2.64 bits per heavy atom. The topological polar surface area (TPSA) is 95.9 Å². The van der Waals surface area contributed by atoms with Crippen LogP contribution in [0.3, 0.4) is 0 Å². The summed E-state index contributed by atoms with van der Waals surface area (Å²) in [7, 11) is -3.40. The second-order valence-corrected chi connectivity index (χ2v) is 9.18. The summed E-state index contributed by atoms with van der Waals surface area (Å²) >= 11 is 0. The number of ether oxygens (including phenoxy) is 1. The van der Waals surface area contributed by atoms with E-state index in [1.54, 1.807) is 43.9 Å². The molecule has 1 heterocycles. The number of phenolic OH excluding ortho intramolecular Hbond substituents is 1. The smallest absolute Gasteiger partial charge is 0.410 e. The molecule has 1 saturated heterocycles. The summed E-state index contributed by atoms with van der Waals surface area (Å²) in [6.45, 7) is 5.78. The molecular formula is C17H26N2O5S. The standard InChI is InChI=1S/C17H26N2O5S/c1-17(2,3)24-16(21)19-9-8-14(18-25(4,22)23)15(19)11-12-6-5-7-13(20)10-12/h5-7,10,14-15,18,20H,8-9,11H2,1-4H3/t14-,15-/m0/s1. The number of hydrogen-bond acceptors (Lipinski definition) is 5. The molecule has 0 saturated carbocycles. The highest BCUT2D eigenvalue weighted by Gasteiger charge is 2.40. The minimum atomic E-state index is -3.40. The number of aromatic hydroxyl groups is 1. The molecule has 2 atom stereocenters. The Balaban J connectivity index is 2.24. The lowest BCUT2D eigenvalue weighted by molar-refractivity contribution is 0.0218. The van der Waals surface area contributed by atoms with Crippen LogP contribution in [-0.2, 0) is 21.2 Å². The van der Waals surface area contributed by atoms with Crippen LogP contribution in [0.25, 0.3) is 0 Å². The fraction of sp³-hybridized carbons (Fsp3) is 0.588. The monoisotopic (exact) mass is 370 g/mol. The lowest BCUT2D eigenvalue weighted by atomic mass is 10.0. The van der Waals surface area contributed by atoms with Crippen molar-refractivity contribution in [3.63, 3.8) is 0 Å². The number of sulfonamides is 1. The largest absolute Gasteiger partial charge is 0.508 e. The van der Waals surface area contributed by atoms with Gasteiger partial charge in [0.1, 0.15) is 11.4 Å². The third-order valence-electron chi connectivity index (χ3n) is 3.89. The van der Waals surface area contributed by atoms with Crippen LogP contribution >= 0.6 is 0 Å². The molecule has 0 aromatic heterocycles. The summed E-state index contributed by atoms with van der Waals surface area (Å²) in [5.74, 6) is 0.131. The lowest BCUT2D eigenvalue weighted by Gasteiger charge is -2.30. The molecule has 2 N–H and O–H groups in total. The van der Waals surface area contributed by atoms with Crippen LogP contribution in [-0.4, -0.2) is 55.0 Å². The molecule has 0 spiro atoms. The average molecular weight is 370 g/mol. The molecule has 1 amide bonds. The minimum absolute atomic E-state index is 0.131. The van der Waals surface area contributed by atoms with Gasteiger partial charge in [-0.3, -0.25) is 0 Å². The molecule has 25 heavy (non-hydrogen) atoms. The van der Waals surface area contributed by atoms with Gasteiger partial charge < -0.3 is 14.7 Å². The normalized spacial score (nSPS) is 21.4. The molecule has 2 rings (SSSR count). The van der Waals surface area contributed by atoms with Crippen LogP contribution in [0, 0.1) is 0 Å². The Labute approximate surface area is 149 Å². The van der Waals surface area contributed by atoms with E-state index in [-0.39, 0.29) is 11.8 Å². The number of carbonyl (C=O) groups excluding carboxylic acids is 1. The van der Waals surface area contributed by atoms with Gasteiger partial charge in [-0.05, 0) is 51.3 Å². The first-order chi connectivity index (χ1) is 11.4. The van der Waals surface area contributed by atoms with Crippen molar-refractivity contribution < 1.29 is 23.1 Å². The number of benzene rings is 1. The molecular weight excluding hydrogens is 344 g/mol. The molecule has 140 valence electrons. The fourth-order valence-electron chi connectivity index (χ4n) is 2.99. The Morgan fingerprint density at radius 2 is 2.08 bits per heavy atom. The van der Waals surface area contributed by atoms with Gasteiger partial charge in [0.25, 0.3) is 0 Å². The van der Waals surface area contributed by atoms with E-state index < -0.39 is 27.8 Å². The second-order valence-electron chi connectivity index (χ2n) is 7.40. The van der Waals surface area contributed by atoms with Gasteiger partial charge in [0.2, 0.25) is 10.0 Å². The van der Waals surface area contributed by atoms with Crippen molar-refractivity contribution in [2.45, 2.75) is 51.3 Å². The van der Waals surface area contributed by atoms with Gasteiger partial charge in [-0.25, -0.2) is 17.9 Å². The zero-order chi connectivity index (χ0) is 18.8. The van der Waals surface area contributed by atoms with E-state index in [9.17, 15) is 18.3 Å². The molecule has 0 aliphatic carbocycles. The van der Waals surface area contributed by atoms with Crippen LogP contribution < -0.4 is 4.72 Å². The molecule has 0 unspecified atom stereocenters. The Bertz CT molecular complexity index is 727. The summed E-state index contributed by atoms with van der Waals surface area (Å²) in [5.41, 5.74) is 0.190. The molecule has 1 fully saturated rings. The van der Waals surface area contributed by atoms with Crippen LogP contribution in [0.2, 0.25) is 0 Å². The Hall–Kier alpha value is -1.80. The number of nitrogens with zero attached hydrogens (tertiary/aromatic N) is 1. The van der Waals surface area contributed by atoms with Gasteiger partial charge in [-0.2, -0.15) is 0 Å². The van der Waals surface area contributed by atoms with Gasteiger partial charge in [-0.1, -0.05) is 12.1 Å². The van der Waals surface area contributed by atoms with E-state index in [1.165, 1.54) is 0 Å². The van der Waals surface area contributed by atoms with Crippen LogP contribution in [0.5, 0.6) is 5.75 Å². The highest BCUT2D eigenvalue weighted by molar-refractivity contribution is 7.88. The van der Waals surface area contributed by atoms with Crippen molar-refractivity contribution in [2.75, 3.05) is 12.8 Å². The maximum absolute atomic E-state index is 12.5. The number of phenols is 1. The molecule has 1 aromatic carbocycles. The first kappa shape index (κ1) is 19.5. The second kappa shape index (κ2) is 7.21. The van der Waals surface area contributed by atoms with E-state index in [2.05, 4.69) is 4.72 Å². The lowest BCUT2D eigenvalue weighted by Crippen LogP contribution is -2.48. The number of amides is 1. The van der Waals surface area contributed by atoms with Crippen LogP contribution in [0.1, 0.15) is 32.8 Å². The first-order valence-electron chi connectivity index (χ1n) is 8.19. The number of nitrogens with one attached hydrogen (secondary N) is 1. The minimum Gasteiger partial charge on any atom is -0.508 e. The van der Waals surface area contributed by atoms with Gasteiger partial charge >= 0.3 is 6.09 Å². The van der Waals surface area contributed by atoms with Gasteiger partial charge in [-0.15, -0.1) is 0 Å². The first-order valence-corrected chi connectivity index (χ1v) is 10.1. The molecule has 0 bridgehead atoms. The third kappa shape index (κ3) is 5.89. The van der Waals surface area contributed by atoms with Crippen LogP contribution in [0.15, 0.2) is 24.3 Å². The summed E-state index contributed by atoms with van der Waals surface area (Å²) in [6.07, 6.45) is 1.57.